The Labute approximate surface area is 165 Å². The first-order valence-electron chi connectivity index (χ1n) is 8.87. The predicted molar refractivity (Wildman–Crippen MR) is 109 cm³/mol. The number of aromatic nitrogens is 1. The van der Waals surface area contributed by atoms with Gasteiger partial charge >= 0.3 is 0 Å². The Morgan fingerprint density at radius 3 is 2.86 bits per heavy atom. The summed E-state index contributed by atoms with van der Waals surface area (Å²) < 4.78 is 10.7. The van der Waals surface area contributed by atoms with E-state index in [9.17, 15) is 4.79 Å². The molecule has 0 spiro atoms. The molecule has 0 bridgehead atoms. The number of hydrogen-bond acceptors (Lipinski definition) is 5. The van der Waals surface area contributed by atoms with Gasteiger partial charge in [-0.1, -0.05) is 24.3 Å². The van der Waals surface area contributed by atoms with Crippen molar-refractivity contribution in [3.63, 3.8) is 0 Å². The number of rotatable bonds is 4. The lowest BCUT2D eigenvalue weighted by atomic mass is 10.0. The summed E-state index contributed by atoms with van der Waals surface area (Å²) in [5, 5.41) is 7.89. The molecule has 0 aliphatic carbocycles. The van der Waals surface area contributed by atoms with Crippen LogP contribution in [-0.2, 0) is 6.54 Å². The average Bonchev–Trinajstić information content (AvgIpc) is 3.42. The Balaban J connectivity index is 1.45. The van der Waals surface area contributed by atoms with Crippen molar-refractivity contribution >= 4 is 28.1 Å². The van der Waals surface area contributed by atoms with Crippen molar-refractivity contribution in [1.82, 2.24) is 10.3 Å². The molecule has 138 valence electrons. The number of fused-ring (bicyclic) bond motifs is 2. The third-order valence-corrected chi connectivity index (χ3v) is 5.35. The lowest BCUT2D eigenvalue weighted by Gasteiger charge is -2.10. The van der Waals surface area contributed by atoms with Crippen molar-refractivity contribution in [1.29, 1.82) is 0 Å². The number of nitrogens with zero attached hydrogens (tertiary/aromatic N) is 1. The molecule has 2 aromatic carbocycles. The molecule has 1 N–H and O–H groups in total. The third-order valence-electron chi connectivity index (χ3n) is 4.67. The van der Waals surface area contributed by atoms with Crippen LogP contribution in [0.1, 0.15) is 15.9 Å². The van der Waals surface area contributed by atoms with Crippen LogP contribution in [0.3, 0.4) is 0 Å². The van der Waals surface area contributed by atoms with E-state index in [2.05, 4.69) is 5.32 Å². The van der Waals surface area contributed by atoms with E-state index < -0.39 is 0 Å². The summed E-state index contributed by atoms with van der Waals surface area (Å²) in [6, 6.07) is 17.3. The summed E-state index contributed by atoms with van der Waals surface area (Å²) in [6.07, 6.45) is 0. The van der Waals surface area contributed by atoms with Gasteiger partial charge in [-0.15, -0.1) is 0 Å². The molecule has 2 aromatic heterocycles. The van der Waals surface area contributed by atoms with Crippen LogP contribution in [0, 0.1) is 0 Å². The largest absolute Gasteiger partial charge is 0.454 e. The van der Waals surface area contributed by atoms with E-state index in [1.54, 1.807) is 11.3 Å². The molecule has 0 fully saturated rings. The van der Waals surface area contributed by atoms with Crippen LogP contribution < -0.4 is 14.8 Å². The number of thiophene rings is 1. The SMILES string of the molecule is O=C(NCc1ccc2c(c1)OCO2)c1cc(-c2ccsc2)nc2ccccc12. The normalized spacial score (nSPS) is 12.3. The fourth-order valence-corrected chi connectivity index (χ4v) is 3.90. The van der Waals surface area contributed by atoms with Crippen LogP contribution in [0.2, 0.25) is 0 Å². The Kier molecular flexibility index (Phi) is 4.18. The molecule has 6 heteroatoms. The van der Waals surface area contributed by atoms with E-state index in [4.69, 9.17) is 14.5 Å². The molecule has 5 nitrogen and oxygen atoms in total. The molecule has 3 heterocycles. The number of nitrogens with one attached hydrogen (secondary N) is 1. The third kappa shape index (κ3) is 3.08. The number of hydrogen-bond donors (Lipinski definition) is 1. The van der Waals surface area contributed by atoms with Crippen molar-refractivity contribution in [3.05, 3.63) is 76.5 Å². The topological polar surface area (TPSA) is 60.5 Å². The van der Waals surface area contributed by atoms with Crippen molar-refractivity contribution in [2.24, 2.45) is 0 Å². The van der Waals surface area contributed by atoms with E-state index in [-0.39, 0.29) is 12.7 Å². The molecule has 28 heavy (non-hydrogen) atoms. The maximum absolute atomic E-state index is 13.0. The molecule has 0 unspecified atom stereocenters. The lowest BCUT2D eigenvalue weighted by molar-refractivity contribution is 0.0952. The van der Waals surface area contributed by atoms with Gasteiger partial charge in [0.15, 0.2) is 11.5 Å². The highest BCUT2D eigenvalue weighted by atomic mass is 32.1. The van der Waals surface area contributed by atoms with Gasteiger partial charge in [0, 0.05) is 22.9 Å². The summed E-state index contributed by atoms with van der Waals surface area (Å²) >= 11 is 1.61. The molecular formula is C22H16N2O3S. The molecule has 0 saturated carbocycles. The van der Waals surface area contributed by atoms with E-state index in [0.717, 1.165) is 33.5 Å². The second kappa shape index (κ2) is 6.98. The van der Waals surface area contributed by atoms with Gasteiger partial charge in [-0.2, -0.15) is 11.3 Å². The van der Waals surface area contributed by atoms with Gasteiger partial charge in [-0.25, -0.2) is 4.98 Å². The van der Waals surface area contributed by atoms with Gasteiger partial charge in [-0.05, 0) is 41.3 Å². The van der Waals surface area contributed by atoms with E-state index in [0.29, 0.717) is 17.9 Å². The molecule has 0 radical (unpaired) electrons. The number of carbonyl (C=O) groups is 1. The smallest absolute Gasteiger partial charge is 0.252 e. The minimum absolute atomic E-state index is 0.132. The molecule has 0 atom stereocenters. The van der Waals surface area contributed by atoms with Crippen LogP contribution in [-0.4, -0.2) is 17.7 Å². The number of pyridine rings is 1. The number of carbonyl (C=O) groups excluding carboxylic acids is 1. The Morgan fingerprint density at radius 2 is 1.96 bits per heavy atom. The fourth-order valence-electron chi connectivity index (χ4n) is 3.25. The van der Waals surface area contributed by atoms with Gasteiger partial charge in [0.1, 0.15) is 0 Å². The highest BCUT2D eigenvalue weighted by Gasteiger charge is 2.16. The molecule has 4 aromatic rings. The molecule has 0 saturated heterocycles. The standard InChI is InChI=1S/C22H16N2O3S/c25-22(23-11-14-5-6-20-21(9-14)27-13-26-20)17-10-19(15-7-8-28-12-15)24-18-4-2-1-3-16(17)18/h1-10,12H,11,13H2,(H,23,25). The van der Waals surface area contributed by atoms with Crippen molar-refractivity contribution in [2.75, 3.05) is 6.79 Å². The molecule has 5 rings (SSSR count). The van der Waals surface area contributed by atoms with Crippen LogP contribution in [0.15, 0.2) is 65.4 Å². The van der Waals surface area contributed by atoms with Gasteiger partial charge in [-0.3, -0.25) is 4.79 Å². The number of para-hydroxylation sites is 1. The quantitative estimate of drug-likeness (QED) is 0.554. The maximum Gasteiger partial charge on any atom is 0.252 e. The zero-order valence-electron chi connectivity index (χ0n) is 14.8. The van der Waals surface area contributed by atoms with Crippen LogP contribution >= 0.6 is 11.3 Å². The molecule has 1 amide bonds. The van der Waals surface area contributed by atoms with Gasteiger partial charge in [0.05, 0.1) is 16.8 Å². The van der Waals surface area contributed by atoms with Gasteiger partial charge in [0.25, 0.3) is 5.91 Å². The monoisotopic (exact) mass is 388 g/mol. The van der Waals surface area contributed by atoms with E-state index >= 15 is 0 Å². The van der Waals surface area contributed by atoms with Gasteiger partial charge < -0.3 is 14.8 Å². The second-order valence-corrected chi connectivity index (χ2v) is 7.23. The Hall–Kier alpha value is -3.38. The summed E-state index contributed by atoms with van der Waals surface area (Å²) in [5.41, 5.74) is 4.19. The zero-order chi connectivity index (χ0) is 18.9. The average molecular weight is 388 g/mol. The minimum Gasteiger partial charge on any atom is -0.454 e. The predicted octanol–water partition coefficient (Wildman–Crippen LogP) is 4.62. The maximum atomic E-state index is 13.0. The van der Waals surface area contributed by atoms with Crippen molar-refractivity contribution in [2.45, 2.75) is 6.54 Å². The Morgan fingerprint density at radius 1 is 1.07 bits per heavy atom. The number of benzene rings is 2. The highest BCUT2D eigenvalue weighted by molar-refractivity contribution is 7.08. The fraction of sp³-hybridized carbons (Fsp3) is 0.0909. The summed E-state index contributed by atoms with van der Waals surface area (Å²) in [4.78, 5) is 17.7. The van der Waals surface area contributed by atoms with Crippen LogP contribution in [0.25, 0.3) is 22.2 Å². The second-order valence-electron chi connectivity index (χ2n) is 6.45. The van der Waals surface area contributed by atoms with Crippen LogP contribution in [0.5, 0.6) is 11.5 Å². The van der Waals surface area contributed by atoms with Gasteiger partial charge in [0.2, 0.25) is 6.79 Å². The Bertz CT molecular complexity index is 1170. The minimum atomic E-state index is -0.132. The van der Waals surface area contributed by atoms with Crippen LogP contribution in [0.4, 0.5) is 0 Å². The van der Waals surface area contributed by atoms with E-state index in [1.165, 1.54) is 0 Å². The lowest BCUT2D eigenvalue weighted by Crippen LogP contribution is -2.23. The summed E-state index contributed by atoms with van der Waals surface area (Å²) in [6.45, 7) is 0.638. The number of amides is 1. The molecule has 1 aliphatic heterocycles. The van der Waals surface area contributed by atoms with E-state index in [1.807, 2.05) is 65.4 Å². The zero-order valence-corrected chi connectivity index (χ0v) is 15.7. The van der Waals surface area contributed by atoms with Crippen molar-refractivity contribution < 1.29 is 14.3 Å². The first-order chi connectivity index (χ1) is 13.8. The molecular weight excluding hydrogens is 372 g/mol. The molecule has 1 aliphatic rings. The first-order valence-corrected chi connectivity index (χ1v) is 9.81. The van der Waals surface area contributed by atoms with Crippen molar-refractivity contribution in [3.8, 4) is 22.8 Å². The summed E-state index contributed by atoms with van der Waals surface area (Å²) in [5.74, 6) is 1.31. The number of ether oxygens (including phenoxy) is 2. The summed E-state index contributed by atoms with van der Waals surface area (Å²) in [7, 11) is 0. The first kappa shape index (κ1) is 16.8. The highest BCUT2D eigenvalue weighted by Crippen LogP contribution is 2.32.